The lowest BCUT2D eigenvalue weighted by Crippen LogP contribution is -2.50. The van der Waals surface area contributed by atoms with Crippen molar-refractivity contribution in [3.05, 3.63) is 0 Å². The fourth-order valence-electron chi connectivity index (χ4n) is 3.23. The number of likely N-dealkylation sites (tertiary alicyclic amines) is 1. The van der Waals surface area contributed by atoms with Gasteiger partial charge in [-0.2, -0.15) is 5.26 Å². The highest BCUT2D eigenvalue weighted by Gasteiger charge is 2.34. The third-order valence-electron chi connectivity index (χ3n) is 4.27. The number of nitriles is 1. The summed E-state index contributed by atoms with van der Waals surface area (Å²) in [7, 11) is 4.34. The lowest BCUT2D eigenvalue weighted by molar-refractivity contribution is 0.0879. The summed E-state index contributed by atoms with van der Waals surface area (Å²) in [5.74, 6) is 0.293. The Hall–Kier alpha value is -0.590. The second kappa shape index (κ2) is 5.16. The highest BCUT2D eigenvalue weighted by Crippen LogP contribution is 2.31. The summed E-state index contributed by atoms with van der Waals surface area (Å²) < 4.78 is 0. The van der Waals surface area contributed by atoms with Gasteiger partial charge in [-0.05, 0) is 46.3 Å². The third kappa shape index (κ3) is 2.39. The van der Waals surface area contributed by atoms with Crippen molar-refractivity contribution in [2.24, 2.45) is 5.92 Å². The van der Waals surface area contributed by atoms with Crippen LogP contribution in [0.25, 0.3) is 0 Å². The van der Waals surface area contributed by atoms with Crippen LogP contribution in [0.3, 0.4) is 0 Å². The smallest absolute Gasteiger partial charge is 0.0672 e. The van der Waals surface area contributed by atoms with Gasteiger partial charge in [0.1, 0.15) is 0 Å². The first-order valence-corrected chi connectivity index (χ1v) is 6.52. The molecule has 0 radical (unpaired) electrons. The van der Waals surface area contributed by atoms with E-state index < -0.39 is 0 Å². The molecule has 0 amide bonds. The van der Waals surface area contributed by atoms with E-state index in [-0.39, 0.29) is 0 Å². The molecule has 1 saturated carbocycles. The Balaban J connectivity index is 1.96. The van der Waals surface area contributed by atoms with Crippen molar-refractivity contribution in [2.45, 2.75) is 44.2 Å². The van der Waals surface area contributed by atoms with Crippen LogP contribution in [-0.4, -0.2) is 49.1 Å². The molecule has 0 bridgehead atoms. The molecule has 0 aromatic heterocycles. The zero-order valence-corrected chi connectivity index (χ0v) is 10.5. The van der Waals surface area contributed by atoms with E-state index in [4.69, 9.17) is 5.26 Å². The van der Waals surface area contributed by atoms with Gasteiger partial charge in [0.25, 0.3) is 0 Å². The Morgan fingerprint density at radius 2 is 2.00 bits per heavy atom. The zero-order chi connectivity index (χ0) is 11.5. The normalized spacial score (nSPS) is 36.5. The third-order valence-corrected chi connectivity index (χ3v) is 4.27. The molecular formula is C13H23N3. The molecule has 90 valence electrons. The predicted molar refractivity (Wildman–Crippen MR) is 65.0 cm³/mol. The summed E-state index contributed by atoms with van der Waals surface area (Å²) in [6.07, 6.45) is 6.19. The number of piperidine rings is 1. The number of rotatable bonds is 2. The van der Waals surface area contributed by atoms with Crippen molar-refractivity contribution in [3.63, 3.8) is 0 Å². The van der Waals surface area contributed by atoms with Crippen molar-refractivity contribution in [3.8, 4) is 6.07 Å². The monoisotopic (exact) mass is 221 g/mol. The molecule has 0 N–H and O–H groups in total. The van der Waals surface area contributed by atoms with Gasteiger partial charge in [0, 0.05) is 18.6 Å². The van der Waals surface area contributed by atoms with E-state index in [0.29, 0.717) is 18.0 Å². The molecule has 1 aliphatic heterocycles. The standard InChI is InChI=1S/C13H23N3/c1-15(2)12-6-4-8-16(10-12)13-7-3-5-11(13)9-14/h11-13H,3-8,10H2,1-2H3. The quantitative estimate of drug-likeness (QED) is 0.711. The molecule has 1 aliphatic carbocycles. The van der Waals surface area contributed by atoms with Crippen LogP contribution in [0.5, 0.6) is 0 Å². The van der Waals surface area contributed by atoms with Gasteiger partial charge < -0.3 is 4.90 Å². The maximum absolute atomic E-state index is 9.16. The minimum absolute atomic E-state index is 0.293. The van der Waals surface area contributed by atoms with Crippen molar-refractivity contribution >= 4 is 0 Å². The topological polar surface area (TPSA) is 30.3 Å². The van der Waals surface area contributed by atoms with Crippen LogP contribution < -0.4 is 0 Å². The molecule has 3 nitrogen and oxygen atoms in total. The first-order chi connectivity index (χ1) is 7.72. The average Bonchev–Trinajstić information content (AvgIpc) is 2.77. The first-order valence-electron chi connectivity index (χ1n) is 6.52. The summed E-state index contributed by atoms with van der Waals surface area (Å²) in [5, 5.41) is 9.16. The van der Waals surface area contributed by atoms with Crippen LogP contribution in [-0.2, 0) is 0 Å². The number of hydrogen-bond acceptors (Lipinski definition) is 3. The van der Waals surface area contributed by atoms with E-state index in [9.17, 15) is 0 Å². The molecule has 2 aliphatic rings. The molecule has 1 saturated heterocycles. The Labute approximate surface area is 99.0 Å². The Morgan fingerprint density at radius 1 is 1.19 bits per heavy atom. The Bertz CT molecular complexity index is 269. The van der Waals surface area contributed by atoms with Gasteiger partial charge in [-0.25, -0.2) is 0 Å². The summed E-state index contributed by atoms with van der Waals surface area (Å²) in [5.41, 5.74) is 0. The second-order valence-electron chi connectivity index (χ2n) is 5.49. The van der Waals surface area contributed by atoms with Crippen LogP contribution in [0.1, 0.15) is 32.1 Å². The molecule has 0 aromatic carbocycles. The maximum Gasteiger partial charge on any atom is 0.0672 e. The van der Waals surface area contributed by atoms with E-state index in [2.05, 4.69) is 30.0 Å². The summed E-state index contributed by atoms with van der Waals surface area (Å²) in [6.45, 7) is 2.36. The van der Waals surface area contributed by atoms with Gasteiger partial charge >= 0.3 is 0 Å². The number of likely N-dealkylation sites (N-methyl/N-ethyl adjacent to an activating group) is 1. The molecule has 1 heterocycles. The summed E-state index contributed by atoms with van der Waals surface area (Å²) in [6, 6.07) is 3.74. The van der Waals surface area contributed by atoms with Crippen LogP contribution in [0.2, 0.25) is 0 Å². The minimum Gasteiger partial charge on any atom is -0.305 e. The van der Waals surface area contributed by atoms with Gasteiger partial charge in [-0.15, -0.1) is 0 Å². The number of hydrogen-bond donors (Lipinski definition) is 0. The molecular weight excluding hydrogens is 198 g/mol. The van der Waals surface area contributed by atoms with Crippen molar-refractivity contribution in [1.82, 2.24) is 9.80 Å². The fraction of sp³-hybridized carbons (Fsp3) is 0.923. The second-order valence-corrected chi connectivity index (χ2v) is 5.49. The minimum atomic E-state index is 0.293. The molecule has 16 heavy (non-hydrogen) atoms. The zero-order valence-electron chi connectivity index (χ0n) is 10.5. The van der Waals surface area contributed by atoms with Crippen molar-refractivity contribution in [2.75, 3.05) is 27.2 Å². The maximum atomic E-state index is 9.16. The molecule has 3 atom stereocenters. The van der Waals surface area contributed by atoms with Crippen molar-refractivity contribution < 1.29 is 0 Å². The molecule has 2 fully saturated rings. The van der Waals surface area contributed by atoms with Crippen LogP contribution in [0, 0.1) is 17.2 Å². The van der Waals surface area contributed by atoms with Crippen LogP contribution in [0.4, 0.5) is 0 Å². The lowest BCUT2D eigenvalue weighted by Gasteiger charge is -2.40. The van der Waals surface area contributed by atoms with E-state index >= 15 is 0 Å². The molecule has 3 unspecified atom stereocenters. The summed E-state index contributed by atoms with van der Waals surface area (Å²) in [4.78, 5) is 4.91. The molecule has 2 rings (SSSR count). The predicted octanol–water partition coefficient (Wildman–Crippen LogP) is 1.70. The fourth-order valence-corrected chi connectivity index (χ4v) is 3.23. The first kappa shape index (κ1) is 11.9. The largest absolute Gasteiger partial charge is 0.305 e. The van der Waals surface area contributed by atoms with Crippen LogP contribution in [0.15, 0.2) is 0 Å². The van der Waals surface area contributed by atoms with Gasteiger partial charge in [0.05, 0.1) is 12.0 Å². The Kier molecular flexibility index (Phi) is 3.83. The van der Waals surface area contributed by atoms with Gasteiger partial charge in [0.15, 0.2) is 0 Å². The lowest BCUT2D eigenvalue weighted by atomic mass is 9.98. The SMILES string of the molecule is CN(C)C1CCCN(C2CCCC2C#N)C1. The molecule has 3 heteroatoms. The summed E-state index contributed by atoms with van der Waals surface area (Å²) >= 11 is 0. The Morgan fingerprint density at radius 3 is 2.69 bits per heavy atom. The van der Waals surface area contributed by atoms with Gasteiger partial charge in [0.2, 0.25) is 0 Å². The van der Waals surface area contributed by atoms with E-state index in [0.717, 1.165) is 13.0 Å². The number of nitrogens with zero attached hydrogens (tertiary/aromatic N) is 3. The van der Waals surface area contributed by atoms with Crippen molar-refractivity contribution in [1.29, 1.82) is 5.26 Å². The van der Waals surface area contributed by atoms with E-state index in [1.54, 1.807) is 0 Å². The highest BCUT2D eigenvalue weighted by atomic mass is 15.2. The van der Waals surface area contributed by atoms with E-state index in [1.807, 2.05) is 0 Å². The molecule has 0 aromatic rings. The average molecular weight is 221 g/mol. The van der Waals surface area contributed by atoms with Gasteiger partial charge in [-0.1, -0.05) is 6.42 Å². The molecule has 0 spiro atoms. The van der Waals surface area contributed by atoms with Crippen LogP contribution >= 0.6 is 0 Å². The van der Waals surface area contributed by atoms with Gasteiger partial charge in [-0.3, -0.25) is 4.90 Å². The van der Waals surface area contributed by atoms with E-state index in [1.165, 1.54) is 32.2 Å². The highest BCUT2D eigenvalue weighted by molar-refractivity contribution is 4.99.